The lowest BCUT2D eigenvalue weighted by atomic mass is 10.1. The number of nitrogens with two attached hydrogens (primary N) is 2. The molecule has 0 bridgehead atoms. The molecule has 136 valence electrons. The van der Waals surface area contributed by atoms with E-state index in [0.29, 0.717) is 17.6 Å². The normalized spacial score (nSPS) is 24.8. The van der Waals surface area contributed by atoms with Gasteiger partial charge in [0.05, 0.1) is 12.9 Å². The number of aromatic nitrogens is 4. The molecule has 3 heterocycles. The number of carbonyl (C=O) groups excluding carboxylic acids is 1. The van der Waals surface area contributed by atoms with Gasteiger partial charge in [0.2, 0.25) is 0 Å². The molecule has 1 aliphatic rings. The molecule has 0 saturated carbocycles. The smallest absolute Gasteiger partial charge is 0.323 e. The van der Waals surface area contributed by atoms with E-state index in [2.05, 4.69) is 15.0 Å². The fourth-order valence-corrected chi connectivity index (χ4v) is 2.74. The highest BCUT2D eigenvalue weighted by molar-refractivity contribution is 5.81. The van der Waals surface area contributed by atoms with Crippen LogP contribution < -0.4 is 11.5 Å². The van der Waals surface area contributed by atoms with Gasteiger partial charge in [-0.25, -0.2) is 15.0 Å². The number of aliphatic hydroxyl groups is 1. The van der Waals surface area contributed by atoms with Crippen molar-refractivity contribution in [1.29, 1.82) is 0 Å². The van der Waals surface area contributed by atoms with Gasteiger partial charge >= 0.3 is 5.97 Å². The summed E-state index contributed by atoms with van der Waals surface area (Å²) in [5.74, 6) is -0.286. The summed E-state index contributed by atoms with van der Waals surface area (Å²) in [5, 5.41) is 9.55. The molecular weight excluding hydrogens is 328 g/mol. The number of nitrogens with zero attached hydrogens (tertiary/aromatic N) is 4. The van der Waals surface area contributed by atoms with E-state index in [9.17, 15) is 9.90 Å². The van der Waals surface area contributed by atoms with E-state index in [1.54, 1.807) is 10.9 Å². The van der Waals surface area contributed by atoms with Gasteiger partial charge in [-0.3, -0.25) is 9.36 Å². The lowest BCUT2D eigenvalue weighted by molar-refractivity contribution is -0.155. The highest BCUT2D eigenvalue weighted by atomic mass is 16.6. The van der Waals surface area contributed by atoms with Crippen molar-refractivity contribution >= 4 is 23.0 Å². The first-order chi connectivity index (χ1) is 11.9. The molecule has 10 nitrogen and oxygen atoms in total. The Morgan fingerprint density at radius 1 is 1.48 bits per heavy atom. The van der Waals surface area contributed by atoms with E-state index >= 15 is 0 Å². The Morgan fingerprint density at radius 2 is 2.24 bits per heavy atom. The van der Waals surface area contributed by atoms with E-state index in [1.807, 2.05) is 13.8 Å². The van der Waals surface area contributed by atoms with Crippen LogP contribution >= 0.6 is 0 Å². The van der Waals surface area contributed by atoms with E-state index in [-0.39, 0.29) is 18.3 Å². The summed E-state index contributed by atoms with van der Waals surface area (Å²) in [4.78, 5) is 24.4. The van der Waals surface area contributed by atoms with Crippen LogP contribution in [0, 0.1) is 5.92 Å². The SMILES string of the molecule is CC(C)C(N)C(=O)OC1C[C@H](n2cnc3c(N)ncnc32)O[C@@H]1CO. The summed E-state index contributed by atoms with van der Waals surface area (Å²) >= 11 is 0. The van der Waals surface area contributed by atoms with Gasteiger partial charge in [0, 0.05) is 6.42 Å². The average Bonchev–Trinajstić information content (AvgIpc) is 3.18. The number of aliphatic hydroxyl groups excluding tert-OH is 1. The van der Waals surface area contributed by atoms with E-state index in [4.69, 9.17) is 20.9 Å². The molecule has 2 aromatic rings. The van der Waals surface area contributed by atoms with Crippen LogP contribution in [0.1, 0.15) is 26.5 Å². The number of anilines is 1. The first-order valence-electron chi connectivity index (χ1n) is 8.07. The van der Waals surface area contributed by atoms with Crippen molar-refractivity contribution in [2.45, 2.75) is 44.7 Å². The summed E-state index contributed by atoms with van der Waals surface area (Å²) in [5.41, 5.74) is 12.6. The van der Waals surface area contributed by atoms with Crippen LogP contribution in [-0.4, -0.2) is 55.5 Å². The molecule has 3 rings (SSSR count). The van der Waals surface area contributed by atoms with Gasteiger partial charge in [-0.2, -0.15) is 0 Å². The molecule has 0 aromatic carbocycles. The van der Waals surface area contributed by atoms with Gasteiger partial charge in [0.1, 0.15) is 36.3 Å². The van der Waals surface area contributed by atoms with E-state index < -0.39 is 30.4 Å². The van der Waals surface area contributed by atoms with Gasteiger partial charge < -0.3 is 26.0 Å². The largest absolute Gasteiger partial charge is 0.458 e. The number of carbonyl (C=O) groups is 1. The molecule has 10 heteroatoms. The second-order valence-electron chi connectivity index (χ2n) is 6.38. The summed E-state index contributed by atoms with van der Waals surface area (Å²) in [6.45, 7) is 3.39. The Kier molecular flexibility index (Phi) is 4.84. The Hall–Kier alpha value is -2.30. The van der Waals surface area contributed by atoms with Gasteiger partial charge in [-0.05, 0) is 5.92 Å². The first kappa shape index (κ1) is 17.5. The zero-order chi connectivity index (χ0) is 18.1. The number of hydrogen-bond donors (Lipinski definition) is 3. The molecule has 1 aliphatic heterocycles. The van der Waals surface area contributed by atoms with Gasteiger partial charge in [0.25, 0.3) is 0 Å². The van der Waals surface area contributed by atoms with Crippen molar-refractivity contribution in [2.75, 3.05) is 12.3 Å². The van der Waals surface area contributed by atoms with Crippen LogP contribution in [0.4, 0.5) is 5.82 Å². The number of imidazole rings is 1. The van der Waals surface area contributed by atoms with Crippen molar-refractivity contribution in [1.82, 2.24) is 19.5 Å². The molecule has 25 heavy (non-hydrogen) atoms. The highest BCUT2D eigenvalue weighted by Crippen LogP contribution is 2.33. The minimum atomic E-state index is -0.722. The Labute approximate surface area is 144 Å². The zero-order valence-corrected chi connectivity index (χ0v) is 14.1. The van der Waals surface area contributed by atoms with Gasteiger partial charge in [0.15, 0.2) is 11.5 Å². The predicted molar refractivity (Wildman–Crippen MR) is 88.0 cm³/mol. The minimum absolute atomic E-state index is 0.0459. The van der Waals surface area contributed by atoms with Crippen LogP contribution in [0.5, 0.6) is 0 Å². The van der Waals surface area contributed by atoms with Crippen LogP contribution in [0.2, 0.25) is 0 Å². The van der Waals surface area contributed by atoms with Gasteiger partial charge in [-0.1, -0.05) is 13.8 Å². The molecule has 1 fully saturated rings. The Bertz CT molecular complexity index is 764. The highest BCUT2D eigenvalue weighted by Gasteiger charge is 2.40. The quantitative estimate of drug-likeness (QED) is 0.611. The summed E-state index contributed by atoms with van der Waals surface area (Å²) in [6, 6.07) is -0.722. The van der Waals surface area contributed by atoms with E-state index in [1.165, 1.54) is 6.33 Å². The number of nitrogen functional groups attached to an aromatic ring is 1. The van der Waals surface area contributed by atoms with Crippen molar-refractivity contribution in [3.8, 4) is 0 Å². The van der Waals surface area contributed by atoms with Crippen LogP contribution in [-0.2, 0) is 14.3 Å². The lowest BCUT2D eigenvalue weighted by Gasteiger charge is -2.20. The molecule has 0 radical (unpaired) electrons. The van der Waals surface area contributed by atoms with Gasteiger partial charge in [-0.15, -0.1) is 0 Å². The first-order valence-corrected chi connectivity index (χ1v) is 8.07. The fraction of sp³-hybridized carbons (Fsp3) is 0.600. The fourth-order valence-electron chi connectivity index (χ4n) is 2.74. The minimum Gasteiger partial charge on any atom is -0.458 e. The van der Waals surface area contributed by atoms with Crippen molar-refractivity contribution < 1.29 is 19.4 Å². The average molecular weight is 350 g/mol. The lowest BCUT2D eigenvalue weighted by Crippen LogP contribution is -2.41. The molecule has 0 spiro atoms. The third kappa shape index (κ3) is 3.28. The number of fused-ring (bicyclic) bond motifs is 1. The molecule has 2 unspecified atom stereocenters. The standard InChI is InChI=1S/C15H22N6O4/c1-7(2)11(16)15(23)25-8-3-10(24-9(8)4-22)21-6-20-12-13(17)18-5-19-14(12)21/h5-11,22H,3-4,16H2,1-2H3,(H2,17,18,19)/t8?,9-,10-,11?/m1/s1. The zero-order valence-electron chi connectivity index (χ0n) is 14.1. The Morgan fingerprint density at radius 3 is 2.92 bits per heavy atom. The number of esters is 1. The summed E-state index contributed by atoms with van der Waals surface area (Å²) < 4.78 is 13.0. The molecule has 0 aliphatic carbocycles. The summed E-state index contributed by atoms with van der Waals surface area (Å²) in [6.07, 6.45) is 1.47. The molecule has 4 atom stereocenters. The number of ether oxygens (including phenoxy) is 2. The molecule has 2 aromatic heterocycles. The second-order valence-corrected chi connectivity index (χ2v) is 6.38. The molecule has 5 N–H and O–H groups in total. The third-order valence-electron chi connectivity index (χ3n) is 4.32. The van der Waals surface area contributed by atoms with Crippen LogP contribution in [0.15, 0.2) is 12.7 Å². The molecule has 1 saturated heterocycles. The predicted octanol–water partition coefficient (Wildman–Crippen LogP) is -0.417. The monoisotopic (exact) mass is 350 g/mol. The summed E-state index contributed by atoms with van der Waals surface area (Å²) in [7, 11) is 0. The van der Waals surface area contributed by atoms with Crippen molar-refractivity contribution in [3.05, 3.63) is 12.7 Å². The second kappa shape index (κ2) is 6.90. The maximum absolute atomic E-state index is 12.1. The third-order valence-corrected chi connectivity index (χ3v) is 4.32. The van der Waals surface area contributed by atoms with Crippen LogP contribution in [0.3, 0.4) is 0 Å². The number of rotatable bonds is 5. The topological polar surface area (TPSA) is 151 Å². The Balaban J connectivity index is 1.79. The molecular formula is C15H22N6O4. The van der Waals surface area contributed by atoms with Crippen molar-refractivity contribution in [2.24, 2.45) is 11.7 Å². The maximum Gasteiger partial charge on any atom is 0.323 e. The van der Waals surface area contributed by atoms with Crippen molar-refractivity contribution in [3.63, 3.8) is 0 Å². The maximum atomic E-state index is 12.1. The molecule has 0 amide bonds. The van der Waals surface area contributed by atoms with Crippen LogP contribution in [0.25, 0.3) is 11.2 Å². The number of hydrogen-bond acceptors (Lipinski definition) is 9. The van der Waals surface area contributed by atoms with E-state index in [0.717, 1.165) is 0 Å².